The van der Waals surface area contributed by atoms with E-state index in [0.717, 1.165) is 5.56 Å². The summed E-state index contributed by atoms with van der Waals surface area (Å²) in [7, 11) is 0. The molecule has 118 valence electrons. The molecule has 0 bridgehead atoms. The van der Waals surface area contributed by atoms with Gasteiger partial charge in [0.2, 0.25) is 0 Å². The fourth-order valence-corrected chi connectivity index (χ4v) is 1.92. The molecule has 6 nitrogen and oxygen atoms in total. The maximum atomic E-state index is 11.6. The van der Waals surface area contributed by atoms with E-state index in [9.17, 15) is 4.79 Å². The highest BCUT2D eigenvalue weighted by Crippen LogP contribution is 2.04. The Kier molecular flexibility index (Phi) is 6.39. The summed E-state index contributed by atoms with van der Waals surface area (Å²) < 4.78 is 12.5. The van der Waals surface area contributed by atoms with Crippen LogP contribution in [-0.4, -0.2) is 28.1 Å². The number of hydrogen-bond donors (Lipinski definition) is 1. The molecule has 2 rings (SSSR count). The normalized spacial score (nSPS) is 12.2. The predicted octanol–water partition coefficient (Wildman–Crippen LogP) is 1.62. The van der Waals surface area contributed by atoms with Crippen LogP contribution in [0.2, 0.25) is 0 Å². The van der Waals surface area contributed by atoms with E-state index in [1.807, 2.05) is 30.3 Å². The molecule has 1 atom stereocenters. The first-order chi connectivity index (χ1) is 10.7. The second-order valence-corrected chi connectivity index (χ2v) is 4.99. The zero-order valence-electron chi connectivity index (χ0n) is 12.0. The van der Waals surface area contributed by atoms with E-state index in [2.05, 4.69) is 4.98 Å². The van der Waals surface area contributed by atoms with Crippen LogP contribution < -0.4 is 11.4 Å². The summed E-state index contributed by atoms with van der Waals surface area (Å²) in [6.45, 7) is 0.884. The predicted molar refractivity (Wildman–Crippen MR) is 84.6 cm³/mol. The van der Waals surface area contributed by atoms with E-state index in [1.165, 1.54) is 16.8 Å². The number of anilines is 1. The first-order valence-electron chi connectivity index (χ1n) is 6.81. The number of alkyl halides is 1. The van der Waals surface area contributed by atoms with Crippen molar-refractivity contribution in [1.82, 2.24) is 9.55 Å². The summed E-state index contributed by atoms with van der Waals surface area (Å²) in [5.41, 5.74) is 6.04. The quantitative estimate of drug-likeness (QED) is 0.747. The highest BCUT2D eigenvalue weighted by molar-refractivity contribution is 6.18. The summed E-state index contributed by atoms with van der Waals surface area (Å²) in [6.07, 6.45) is 1.22. The average molecular weight is 324 g/mol. The minimum Gasteiger partial charge on any atom is -0.383 e. The molecule has 2 aromatic rings. The fraction of sp³-hybridized carbons (Fsp3) is 0.333. The van der Waals surface area contributed by atoms with Gasteiger partial charge in [0.1, 0.15) is 12.5 Å². The van der Waals surface area contributed by atoms with Crippen molar-refractivity contribution >= 4 is 17.4 Å². The van der Waals surface area contributed by atoms with Crippen molar-refractivity contribution in [2.45, 2.75) is 19.4 Å². The largest absolute Gasteiger partial charge is 0.383 e. The van der Waals surface area contributed by atoms with Crippen LogP contribution in [0.1, 0.15) is 5.56 Å². The number of rotatable bonds is 8. The van der Waals surface area contributed by atoms with Gasteiger partial charge in [0, 0.05) is 6.20 Å². The molecule has 0 saturated heterocycles. The molecular weight excluding hydrogens is 306 g/mol. The molecule has 1 aromatic carbocycles. The third kappa shape index (κ3) is 5.14. The van der Waals surface area contributed by atoms with E-state index in [1.54, 1.807) is 0 Å². The molecule has 1 aromatic heterocycles. The monoisotopic (exact) mass is 323 g/mol. The molecule has 0 aliphatic carbocycles. The number of ether oxygens (including phenoxy) is 2. The van der Waals surface area contributed by atoms with E-state index < -0.39 is 5.69 Å². The van der Waals surface area contributed by atoms with Crippen LogP contribution in [0.15, 0.2) is 47.4 Å². The van der Waals surface area contributed by atoms with Crippen LogP contribution in [0.3, 0.4) is 0 Å². The Balaban J connectivity index is 1.78. The van der Waals surface area contributed by atoms with E-state index in [-0.39, 0.29) is 24.5 Å². The molecule has 1 heterocycles. The van der Waals surface area contributed by atoms with Crippen molar-refractivity contribution in [2.75, 3.05) is 18.2 Å². The Morgan fingerprint density at radius 2 is 2.05 bits per heavy atom. The third-order valence-electron chi connectivity index (χ3n) is 2.93. The number of nitrogens with two attached hydrogens (primary N) is 1. The summed E-state index contributed by atoms with van der Waals surface area (Å²) >= 11 is 5.85. The smallest absolute Gasteiger partial charge is 0.351 e. The van der Waals surface area contributed by atoms with E-state index in [0.29, 0.717) is 13.2 Å². The van der Waals surface area contributed by atoms with Gasteiger partial charge in [-0.15, -0.1) is 11.6 Å². The lowest BCUT2D eigenvalue weighted by molar-refractivity contribution is -0.0389. The molecule has 0 fully saturated rings. The third-order valence-corrected chi connectivity index (χ3v) is 3.28. The van der Waals surface area contributed by atoms with Gasteiger partial charge in [-0.1, -0.05) is 30.3 Å². The second kappa shape index (κ2) is 8.53. The van der Waals surface area contributed by atoms with Crippen LogP contribution in [0.5, 0.6) is 0 Å². The summed E-state index contributed by atoms with van der Waals surface area (Å²) in [5.74, 6) is 0.452. The molecule has 1 unspecified atom stereocenters. The molecule has 2 N–H and O–H groups in total. The van der Waals surface area contributed by atoms with Gasteiger partial charge in [0.15, 0.2) is 0 Å². The van der Waals surface area contributed by atoms with Gasteiger partial charge >= 0.3 is 5.69 Å². The number of aromatic nitrogens is 2. The Morgan fingerprint density at radius 1 is 1.27 bits per heavy atom. The standard InChI is InChI=1S/C15H18ClN3O3/c16-8-13(10-21-9-12-4-2-1-3-5-12)22-11-19-7-6-14(17)18-15(19)20/h1-7,13H,8-11H2,(H2,17,18,20). The second-order valence-electron chi connectivity index (χ2n) is 4.68. The minimum atomic E-state index is -0.460. The maximum absolute atomic E-state index is 11.6. The molecule has 0 aliphatic heterocycles. The van der Waals surface area contributed by atoms with Crippen molar-refractivity contribution in [3.63, 3.8) is 0 Å². The number of hydrogen-bond acceptors (Lipinski definition) is 5. The SMILES string of the molecule is Nc1ccn(COC(CCl)COCc2ccccc2)c(=O)n1. The van der Waals surface area contributed by atoms with Gasteiger partial charge in [-0.25, -0.2) is 4.79 Å². The van der Waals surface area contributed by atoms with Gasteiger partial charge in [-0.05, 0) is 11.6 Å². The first-order valence-corrected chi connectivity index (χ1v) is 7.34. The molecule has 0 amide bonds. The molecule has 0 saturated carbocycles. The van der Waals surface area contributed by atoms with Crippen molar-refractivity contribution in [2.24, 2.45) is 0 Å². The minimum absolute atomic E-state index is 0.0538. The van der Waals surface area contributed by atoms with Gasteiger partial charge in [0.25, 0.3) is 0 Å². The van der Waals surface area contributed by atoms with Gasteiger partial charge < -0.3 is 15.2 Å². The van der Waals surface area contributed by atoms with E-state index >= 15 is 0 Å². The van der Waals surface area contributed by atoms with Crippen molar-refractivity contribution in [3.8, 4) is 0 Å². The average Bonchev–Trinajstić information content (AvgIpc) is 2.53. The van der Waals surface area contributed by atoms with Crippen molar-refractivity contribution < 1.29 is 9.47 Å². The maximum Gasteiger partial charge on any atom is 0.351 e. The van der Waals surface area contributed by atoms with Crippen molar-refractivity contribution in [3.05, 3.63) is 58.6 Å². The van der Waals surface area contributed by atoms with Crippen LogP contribution in [-0.2, 0) is 22.8 Å². The Bertz CT molecular complexity index is 633. The molecule has 7 heteroatoms. The molecule has 0 aliphatic rings. The first kappa shape index (κ1) is 16.5. The lowest BCUT2D eigenvalue weighted by Crippen LogP contribution is -2.29. The fourth-order valence-electron chi connectivity index (χ4n) is 1.75. The summed E-state index contributed by atoms with van der Waals surface area (Å²) in [5, 5.41) is 0. The summed E-state index contributed by atoms with van der Waals surface area (Å²) in [4.78, 5) is 15.2. The van der Waals surface area contributed by atoms with Gasteiger partial charge in [-0.2, -0.15) is 4.98 Å². The highest BCUT2D eigenvalue weighted by Gasteiger charge is 2.09. The van der Waals surface area contributed by atoms with Crippen molar-refractivity contribution in [1.29, 1.82) is 0 Å². The molecule has 0 radical (unpaired) electrons. The zero-order valence-corrected chi connectivity index (χ0v) is 12.8. The van der Waals surface area contributed by atoms with Crippen LogP contribution in [0.25, 0.3) is 0 Å². The lowest BCUT2D eigenvalue weighted by atomic mass is 10.2. The number of nitrogen functional groups attached to an aromatic ring is 1. The molecular formula is C15H18ClN3O3. The molecule has 0 spiro atoms. The Labute approximate surface area is 133 Å². The molecule has 22 heavy (non-hydrogen) atoms. The highest BCUT2D eigenvalue weighted by atomic mass is 35.5. The number of benzene rings is 1. The zero-order chi connectivity index (χ0) is 15.8. The van der Waals surface area contributed by atoms with Crippen LogP contribution in [0.4, 0.5) is 5.82 Å². The lowest BCUT2D eigenvalue weighted by Gasteiger charge is -2.16. The number of nitrogens with zero attached hydrogens (tertiary/aromatic N) is 2. The topological polar surface area (TPSA) is 79.4 Å². The Hall–Kier alpha value is -1.89. The van der Waals surface area contributed by atoms with Gasteiger partial charge in [-0.3, -0.25) is 4.57 Å². The summed E-state index contributed by atoms with van der Waals surface area (Å²) in [6, 6.07) is 11.4. The van der Waals surface area contributed by atoms with Crippen LogP contribution in [0, 0.1) is 0 Å². The van der Waals surface area contributed by atoms with E-state index in [4.69, 9.17) is 26.8 Å². The number of halogens is 1. The Morgan fingerprint density at radius 3 is 2.73 bits per heavy atom. The van der Waals surface area contributed by atoms with Crippen LogP contribution >= 0.6 is 11.6 Å². The van der Waals surface area contributed by atoms with Gasteiger partial charge in [0.05, 0.1) is 25.2 Å².